The lowest BCUT2D eigenvalue weighted by molar-refractivity contribution is 0.284. The van der Waals surface area contributed by atoms with Gasteiger partial charge in [-0.1, -0.05) is 59.1 Å². The Morgan fingerprint density at radius 3 is 2.21 bits per heavy atom. The van der Waals surface area contributed by atoms with Crippen molar-refractivity contribution in [3.63, 3.8) is 0 Å². The molecule has 152 valence electrons. The number of hydrogen-bond donors (Lipinski definition) is 1. The van der Waals surface area contributed by atoms with Crippen molar-refractivity contribution in [3.05, 3.63) is 92.4 Å². The van der Waals surface area contributed by atoms with Crippen LogP contribution >= 0.6 is 34.8 Å². The van der Waals surface area contributed by atoms with Gasteiger partial charge >= 0.3 is 0 Å². The van der Waals surface area contributed by atoms with Crippen molar-refractivity contribution in [2.75, 3.05) is 13.7 Å². The number of hydrogen-bond acceptors (Lipinski definition) is 3. The predicted molar refractivity (Wildman–Crippen MR) is 121 cm³/mol. The molecule has 6 heteroatoms. The number of ether oxygens (including phenoxy) is 2. The van der Waals surface area contributed by atoms with Crippen LogP contribution in [0.3, 0.4) is 0 Å². The minimum absolute atomic E-state index is 0.381. The van der Waals surface area contributed by atoms with Crippen molar-refractivity contribution in [2.45, 2.75) is 19.6 Å². The van der Waals surface area contributed by atoms with E-state index in [0.717, 1.165) is 35.7 Å². The van der Waals surface area contributed by atoms with E-state index in [1.807, 2.05) is 48.5 Å². The van der Waals surface area contributed by atoms with Crippen LogP contribution in [0.2, 0.25) is 15.1 Å². The van der Waals surface area contributed by atoms with Crippen LogP contribution in [0, 0.1) is 0 Å². The molecular formula is C23H22Cl3NO2. The Bertz CT molecular complexity index is 945. The highest BCUT2D eigenvalue weighted by Crippen LogP contribution is 2.30. The Hall–Kier alpha value is -1.91. The van der Waals surface area contributed by atoms with Crippen LogP contribution in [0.25, 0.3) is 0 Å². The maximum atomic E-state index is 6.06. The zero-order valence-corrected chi connectivity index (χ0v) is 18.3. The van der Waals surface area contributed by atoms with Gasteiger partial charge in [0, 0.05) is 11.6 Å². The van der Waals surface area contributed by atoms with E-state index < -0.39 is 0 Å². The van der Waals surface area contributed by atoms with E-state index in [1.54, 1.807) is 19.2 Å². The molecule has 3 rings (SSSR count). The van der Waals surface area contributed by atoms with Crippen molar-refractivity contribution in [1.29, 1.82) is 0 Å². The molecule has 0 saturated heterocycles. The van der Waals surface area contributed by atoms with Crippen LogP contribution in [0.4, 0.5) is 0 Å². The highest BCUT2D eigenvalue weighted by molar-refractivity contribution is 6.42. The van der Waals surface area contributed by atoms with Gasteiger partial charge in [0.2, 0.25) is 0 Å². The molecule has 0 radical (unpaired) electrons. The second-order valence-corrected chi connectivity index (χ2v) is 7.83. The molecule has 0 aliphatic carbocycles. The summed E-state index contributed by atoms with van der Waals surface area (Å²) in [6.07, 6.45) is 0.944. The van der Waals surface area contributed by atoms with Gasteiger partial charge in [0.15, 0.2) is 11.5 Å². The average molecular weight is 451 g/mol. The number of benzene rings is 3. The van der Waals surface area contributed by atoms with Crippen molar-refractivity contribution in [3.8, 4) is 11.5 Å². The molecule has 29 heavy (non-hydrogen) atoms. The monoisotopic (exact) mass is 449 g/mol. The molecule has 0 unspecified atom stereocenters. The quantitative estimate of drug-likeness (QED) is 0.374. The van der Waals surface area contributed by atoms with Gasteiger partial charge < -0.3 is 14.8 Å². The van der Waals surface area contributed by atoms with E-state index in [0.29, 0.717) is 28.2 Å². The summed E-state index contributed by atoms with van der Waals surface area (Å²) in [6, 6.07) is 19.3. The highest BCUT2D eigenvalue weighted by Gasteiger charge is 2.07. The summed E-state index contributed by atoms with van der Waals surface area (Å²) in [5.41, 5.74) is 3.32. The summed E-state index contributed by atoms with van der Waals surface area (Å²) in [7, 11) is 1.64. The average Bonchev–Trinajstić information content (AvgIpc) is 2.73. The third-order valence-electron chi connectivity index (χ3n) is 4.44. The molecule has 0 aliphatic rings. The fourth-order valence-electron chi connectivity index (χ4n) is 2.85. The molecule has 0 amide bonds. The zero-order valence-electron chi connectivity index (χ0n) is 16.1. The summed E-state index contributed by atoms with van der Waals surface area (Å²) in [4.78, 5) is 0. The molecular weight excluding hydrogens is 429 g/mol. The molecule has 3 aromatic carbocycles. The molecule has 0 fully saturated rings. The fourth-order valence-corrected chi connectivity index (χ4v) is 3.29. The molecule has 0 aromatic heterocycles. The number of nitrogens with one attached hydrogen (secondary N) is 1. The van der Waals surface area contributed by atoms with E-state index in [9.17, 15) is 0 Å². The smallest absolute Gasteiger partial charge is 0.161 e. The van der Waals surface area contributed by atoms with Crippen molar-refractivity contribution in [1.82, 2.24) is 5.32 Å². The largest absolute Gasteiger partial charge is 0.493 e. The van der Waals surface area contributed by atoms with Gasteiger partial charge in [0.1, 0.15) is 6.61 Å². The van der Waals surface area contributed by atoms with Crippen molar-refractivity contribution in [2.24, 2.45) is 0 Å². The molecule has 1 N–H and O–H groups in total. The molecule has 0 bridgehead atoms. The molecule has 0 spiro atoms. The van der Waals surface area contributed by atoms with Crippen LogP contribution < -0.4 is 14.8 Å². The molecule has 0 aliphatic heterocycles. The maximum Gasteiger partial charge on any atom is 0.161 e. The normalized spacial score (nSPS) is 10.8. The second-order valence-electron chi connectivity index (χ2n) is 6.58. The molecule has 3 nitrogen and oxygen atoms in total. The van der Waals surface area contributed by atoms with Crippen molar-refractivity contribution >= 4 is 34.8 Å². The lowest BCUT2D eigenvalue weighted by atomic mass is 10.1. The Morgan fingerprint density at radius 2 is 1.48 bits per heavy atom. The predicted octanol–water partition coefficient (Wildman–Crippen LogP) is 6.57. The van der Waals surface area contributed by atoms with E-state index in [-0.39, 0.29) is 0 Å². The highest BCUT2D eigenvalue weighted by atomic mass is 35.5. The zero-order chi connectivity index (χ0) is 20.6. The summed E-state index contributed by atoms with van der Waals surface area (Å²) in [5.74, 6) is 1.38. The summed E-state index contributed by atoms with van der Waals surface area (Å²) >= 11 is 17.9. The SMILES string of the molecule is COc1cc(CNCCc2ccc(Cl)cc2)ccc1OCc1ccc(Cl)c(Cl)c1. The van der Waals surface area contributed by atoms with Gasteiger partial charge in [0.25, 0.3) is 0 Å². The Labute approximate surface area is 186 Å². The molecule has 3 aromatic rings. The Morgan fingerprint density at radius 1 is 0.759 bits per heavy atom. The van der Waals surface area contributed by atoms with Crippen LogP contribution in [-0.4, -0.2) is 13.7 Å². The number of methoxy groups -OCH3 is 1. The maximum absolute atomic E-state index is 6.06. The lowest BCUT2D eigenvalue weighted by Crippen LogP contribution is -2.16. The van der Waals surface area contributed by atoms with Crippen LogP contribution in [0.15, 0.2) is 60.7 Å². The second kappa shape index (κ2) is 10.7. The molecule has 0 atom stereocenters. The van der Waals surface area contributed by atoms with Gasteiger partial charge in [-0.3, -0.25) is 0 Å². The summed E-state index contributed by atoms with van der Waals surface area (Å²) in [5, 5.41) is 5.25. The third kappa shape index (κ3) is 6.55. The third-order valence-corrected chi connectivity index (χ3v) is 5.43. The first-order valence-corrected chi connectivity index (χ1v) is 10.4. The van der Waals surface area contributed by atoms with Gasteiger partial charge in [0.05, 0.1) is 17.2 Å². The van der Waals surface area contributed by atoms with Gasteiger partial charge in [-0.2, -0.15) is 0 Å². The van der Waals surface area contributed by atoms with E-state index >= 15 is 0 Å². The summed E-state index contributed by atoms with van der Waals surface area (Å²) < 4.78 is 11.4. The van der Waals surface area contributed by atoms with Gasteiger partial charge in [-0.25, -0.2) is 0 Å². The Kier molecular flexibility index (Phi) is 8.08. The van der Waals surface area contributed by atoms with Crippen LogP contribution in [-0.2, 0) is 19.6 Å². The van der Waals surface area contributed by atoms with Gasteiger partial charge in [-0.15, -0.1) is 0 Å². The fraction of sp³-hybridized carbons (Fsp3) is 0.217. The van der Waals surface area contributed by atoms with E-state index in [1.165, 1.54) is 5.56 Å². The van der Waals surface area contributed by atoms with E-state index in [2.05, 4.69) is 5.32 Å². The lowest BCUT2D eigenvalue weighted by Gasteiger charge is -2.13. The minimum Gasteiger partial charge on any atom is -0.493 e. The standard InChI is InChI=1S/C23H22Cl3NO2/c1-28-23-13-17(14-27-11-10-16-2-6-19(24)7-3-16)5-9-22(23)29-15-18-4-8-20(25)21(26)12-18/h2-9,12-13,27H,10-11,14-15H2,1H3. The molecule has 0 heterocycles. The number of rotatable bonds is 9. The first kappa shape index (κ1) is 21.8. The molecule has 0 saturated carbocycles. The first-order chi connectivity index (χ1) is 14.0. The van der Waals surface area contributed by atoms with E-state index in [4.69, 9.17) is 44.3 Å². The van der Waals surface area contributed by atoms with Crippen molar-refractivity contribution < 1.29 is 9.47 Å². The number of halogens is 3. The van der Waals surface area contributed by atoms with Crippen LogP contribution in [0.5, 0.6) is 11.5 Å². The summed E-state index contributed by atoms with van der Waals surface area (Å²) in [6.45, 7) is 2.00. The van der Waals surface area contributed by atoms with Gasteiger partial charge in [-0.05, 0) is 66.1 Å². The Balaban J connectivity index is 1.52. The minimum atomic E-state index is 0.381. The topological polar surface area (TPSA) is 30.5 Å². The van der Waals surface area contributed by atoms with Crippen LogP contribution in [0.1, 0.15) is 16.7 Å². The first-order valence-electron chi connectivity index (χ1n) is 9.24.